The first-order valence-corrected chi connectivity index (χ1v) is 6.47. The molecule has 1 aromatic carbocycles. The minimum Gasteiger partial charge on any atom is -0.392 e. The van der Waals surface area contributed by atoms with Gasteiger partial charge in [-0.25, -0.2) is 0 Å². The molecule has 0 aliphatic carbocycles. The van der Waals surface area contributed by atoms with Crippen molar-refractivity contribution in [1.82, 2.24) is 0 Å². The van der Waals surface area contributed by atoms with Gasteiger partial charge in [-0.15, -0.1) is 0 Å². The van der Waals surface area contributed by atoms with Crippen molar-refractivity contribution in [3.05, 3.63) is 29.3 Å². The second-order valence-electron chi connectivity index (χ2n) is 5.98. The highest BCUT2D eigenvalue weighted by Gasteiger charge is 2.27. The normalized spacial score (nSPS) is 19.4. The molecule has 0 bridgehead atoms. The summed E-state index contributed by atoms with van der Waals surface area (Å²) in [6.45, 7) is 9.05. The molecule has 0 amide bonds. The Labute approximate surface area is 104 Å². The van der Waals surface area contributed by atoms with Gasteiger partial charge in [-0.3, -0.25) is 0 Å². The van der Waals surface area contributed by atoms with Crippen molar-refractivity contribution in [2.45, 2.75) is 40.2 Å². The van der Waals surface area contributed by atoms with E-state index in [-0.39, 0.29) is 6.61 Å². The molecule has 94 valence electrons. The van der Waals surface area contributed by atoms with Crippen molar-refractivity contribution >= 4 is 5.69 Å². The van der Waals surface area contributed by atoms with Crippen molar-refractivity contribution in [2.24, 2.45) is 5.41 Å². The molecule has 1 aliphatic rings. The molecule has 0 atom stereocenters. The Kier molecular flexibility index (Phi) is 3.43. The summed E-state index contributed by atoms with van der Waals surface area (Å²) < 4.78 is 0. The lowest BCUT2D eigenvalue weighted by Gasteiger charge is -2.40. The number of rotatable bonds is 2. The molecule has 0 spiro atoms. The van der Waals surface area contributed by atoms with Gasteiger partial charge in [-0.2, -0.15) is 0 Å². The number of hydrogen-bond acceptors (Lipinski definition) is 2. The van der Waals surface area contributed by atoms with Crippen LogP contribution in [-0.4, -0.2) is 18.2 Å². The molecule has 2 rings (SSSR count). The number of aliphatic hydroxyl groups is 1. The van der Waals surface area contributed by atoms with Gasteiger partial charge in [0.25, 0.3) is 0 Å². The van der Waals surface area contributed by atoms with Crippen molar-refractivity contribution in [2.75, 3.05) is 18.0 Å². The van der Waals surface area contributed by atoms with Crippen LogP contribution in [0, 0.1) is 12.3 Å². The number of aryl methyl sites for hydroxylation is 1. The molecule has 0 unspecified atom stereocenters. The summed E-state index contributed by atoms with van der Waals surface area (Å²) in [7, 11) is 0. The number of piperidine rings is 1. The lowest BCUT2D eigenvalue weighted by atomic mass is 9.84. The Morgan fingerprint density at radius 3 is 2.76 bits per heavy atom. The molecule has 17 heavy (non-hydrogen) atoms. The fourth-order valence-electron chi connectivity index (χ4n) is 2.78. The summed E-state index contributed by atoms with van der Waals surface area (Å²) >= 11 is 0. The highest BCUT2D eigenvalue weighted by Crippen LogP contribution is 2.33. The molecule has 2 nitrogen and oxygen atoms in total. The predicted octanol–water partition coefficient (Wildman–Crippen LogP) is 3.11. The molecule has 0 radical (unpaired) electrons. The number of hydrogen-bond donors (Lipinski definition) is 1. The van der Waals surface area contributed by atoms with Crippen molar-refractivity contribution in [3.8, 4) is 0 Å². The van der Waals surface area contributed by atoms with Crippen LogP contribution in [0.5, 0.6) is 0 Å². The van der Waals surface area contributed by atoms with Crippen LogP contribution in [0.3, 0.4) is 0 Å². The Balaban J connectivity index is 2.27. The van der Waals surface area contributed by atoms with Crippen LogP contribution in [-0.2, 0) is 6.61 Å². The standard InChI is InChI=1S/C15H23NO/c1-12-5-6-14(13(9-12)10-17)16-8-4-7-15(2,3)11-16/h5-6,9,17H,4,7-8,10-11H2,1-3H3. The van der Waals surface area contributed by atoms with E-state index < -0.39 is 0 Å². The molecule has 1 aliphatic heterocycles. The Morgan fingerprint density at radius 1 is 1.35 bits per heavy atom. The number of aliphatic hydroxyl groups excluding tert-OH is 1. The lowest BCUT2D eigenvalue weighted by molar-refractivity contribution is 0.276. The Morgan fingerprint density at radius 2 is 2.12 bits per heavy atom. The average Bonchev–Trinajstić information content (AvgIpc) is 2.27. The quantitative estimate of drug-likeness (QED) is 0.848. The fraction of sp³-hybridized carbons (Fsp3) is 0.600. The zero-order valence-corrected chi connectivity index (χ0v) is 11.2. The smallest absolute Gasteiger partial charge is 0.0702 e. The van der Waals surface area contributed by atoms with E-state index in [9.17, 15) is 5.11 Å². The summed E-state index contributed by atoms with van der Waals surface area (Å²) in [6, 6.07) is 6.38. The largest absolute Gasteiger partial charge is 0.392 e. The lowest BCUT2D eigenvalue weighted by Crippen LogP contribution is -2.40. The summed E-state index contributed by atoms with van der Waals surface area (Å²) in [4.78, 5) is 2.43. The van der Waals surface area contributed by atoms with E-state index in [0.29, 0.717) is 5.41 Å². The Hall–Kier alpha value is -1.02. The summed E-state index contributed by atoms with van der Waals surface area (Å²) in [6.07, 6.45) is 2.54. The van der Waals surface area contributed by atoms with Crippen LogP contribution in [0.2, 0.25) is 0 Å². The van der Waals surface area contributed by atoms with Gasteiger partial charge in [0.1, 0.15) is 0 Å². The molecular weight excluding hydrogens is 210 g/mol. The summed E-state index contributed by atoms with van der Waals surface area (Å²) in [5.74, 6) is 0. The third kappa shape index (κ3) is 2.81. The SMILES string of the molecule is Cc1ccc(N2CCCC(C)(C)C2)c(CO)c1. The van der Waals surface area contributed by atoms with Crippen LogP contribution < -0.4 is 4.90 Å². The van der Waals surface area contributed by atoms with Gasteiger partial charge in [-0.05, 0) is 31.2 Å². The van der Waals surface area contributed by atoms with Crippen LogP contribution in [0.25, 0.3) is 0 Å². The van der Waals surface area contributed by atoms with E-state index >= 15 is 0 Å². The van der Waals surface area contributed by atoms with Crippen LogP contribution >= 0.6 is 0 Å². The minimum atomic E-state index is 0.133. The average molecular weight is 233 g/mol. The van der Waals surface area contributed by atoms with E-state index in [2.05, 4.69) is 43.9 Å². The van der Waals surface area contributed by atoms with Gasteiger partial charge < -0.3 is 10.0 Å². The summed E-state index contributed by atoms with van der Waals surface area (Å²) in [5, 5.41) is 9.48. The van der Waals surface area contributed by atoms with Crippen molar-refractivity contribution in [3.63, 3.8) is 0 Å². The van der Waals surface area contributed by atoms with Gasteiger partial charge >= 0.3 is 0 Å². The monoisotopic (exact) mass is 233 g/mol. The minimum absolute atomic E-state index is 0.133. The highest BCUT2D eigenvalue weighted by molar-refractivity contribution is 5.55. The van der Waals surface area contributed by atoms with Crippen LogP contribution in [0.1, 0.15) is 37.8 Å². The third-order valence-electron chi connectivity index (χ3n) is 3.65. The first kappa shape index (κ1) is 12.4. The molecular formula is C15H23NO. The first-order valence-electron chi connectivity index (χ1n) is 6.47. The van der Waals surface area contributed by atoms with Crippen molar-refractivity contribution < 1.29 is 5.11 Å². The fourth-order valence-corrected chi connectivity index (χ4v) is 2.78. The second-order valence-corrected chi connectivity index (χ2v) is 5.98. The van der Waals surface area contributed by atoms with Gasteiger partial charge in [0.15, 0.2) is 0 Å². The highest BCUT2D eigenvalue weighted by atomic mass is 16.3. The predicted molar refractivity (Wildman–Crippen MR) is 72.3 cm³/mol. The molecule has 1 fully saturated rings. The van der Waals surface area contributed by atoms with Gasteiger partial charge in [0.05, 0.1) is 6.61 Å². The van der Waals surface area contributed by atoms with E-state index in [4.69, 9.17) is 0 Å². The van der Waals surface area contributed by atoms with Crippen LogP contribution in [0.4, 0.5) is 5.69 Å². The zero-order chi connectivity index (χ0) is 12.5. The van der Waals surface area contributed by atoms with E-state index in [1.165, 1.54) is 24.1 Å². The maximum Gasteiger partial charge on any atom is 0.0702 e. The number of nitrogens with zero attached hydrogens (tertiary/aromatic N) is 1. The molecule has 0 aromatic heterocycles. The first-order chi connectivity index (χ1) is 8.02. The Bertz CT molecular complexity index is 398. The molecule has 1 saturated heterocycles. The van der Waals surface area contributed by atoms with Gasteiger partial charge in [-0.1, -0.05) is 31.5 Å². The maximum atomic E-state index is 9.48. The second kappa shape index (κ2) is 4.69. The molecule has 0 saturated carbocycles. The zero-order valence-electron chi connectivity index (χ0n) is 11.2. The molecule has 1 N–H and O–H groups in total. The van der Waals surface area contributed by atoms with Gasteiger partial charge in [0, 0.05) is 24.3 Å². The van der Waals surface area contributed by atoms with Crippen LogP contribution in [0.15, 0.2) is 18.2 Å². The molecule has 1 aromatic rings. The number of benzene rings is 1. The molecule has 1 heterocycles. The van der Waals surface area contributed by atoms with Crippen molar-refractivity contribution in [1.29, 1.82) is 0 Å². The topological polar surface area (TPSA) is 23.5 Å². The van der Waals surface area contributed by atoms with Gasteiger partial charge in [0.2, 0.25) is 0 Å². The third-order valence-corrected chi connectivity index (χ3v) is 3.65. The van der Waals surface area contributed by atoms with E-state index in [0.717, 1.165) is 18.7 Å². The van der Waals surface area contributed by atoms with E-state index in [1.54, 1.807) is 0 Å². The maximum absolute atomic E-state index is 9.48. The van der Waals surface area contributed by atoms with E-state index in [1.807, 2.05) is 0 Å². The summed E-state index contributed by atoms with van der Waals surface area (Å²) in [5.41, 5.74) is 3.87. The number of anilines is 1. The molecule has 2 heteroatoms.